The van der Waals surface area contributed by atoms with Gasteiger partial charge in [-0.2, -0.15) is 0 Å². The zero-order valence-corrected chi connectivity index (χ0v) is 14.5. The summed E-state index contributed by atoms with van der Waals surface area (Å²) in [5, 5.41) is 19.2. The van der Waals surface area contributed by atoms with Crippen molar-refractivity contribution < 1.29 is 19.4 Å². The van der Waals surface area contributed by atoms with Gasteiger partial charge in [-0.3, -0.25) is 0 Å². The molecule has 0 aliphatic carbocycles. The number of alkyl halides is 1. The number of halogens is 1. The van der Waals surface area contributed by atoms with Gasteiger partial charge in [-0.15, -0.1) is 0 Å². The number of phenolic OH excluding ortho intramolecular Hbond substituents is 2. The average Bonchev–Trinajstić information content (AvgIpc) is 2.71. The van der Waals surface area contributed by atoms with Crippen LogP contribution >= 0.6 is 0 Å². The predicted molar refractivity (Wildman–Crippen MR) is 87.8 cm³/mol. The molecule has 1 saturated heterocycles. The molecule has 2 rings (SSSR count). The van der Waals surface area contributed by atoms with Gasteiger partial charge in [-0.1, -0.05) is 0 Å². The molecule has 1 aromatic carbocycles. The van der Waals surface area contributed by atoms with E-state index in [0.717, 1.165) is 12.8 Å². The van der Waals surface area contributed by atoms with E-state index in [1.165, 1.54) is 12.1 Å². The van der Waals surface area contributed by atoms with E-state index in [1.54, 1.807) is 29.0 Å². The summed E-state index contributed by atoms with van der Waals surface area (Å²) in [6, 6.07) is 4.22. The average molecular weight is 385 g/mol. The molecule has 7 heteroatoms. The Bertz CT molecular complexity index is 648. The van der Waals surface area contributed by atoms with Gasteiger partial charge in [0.05, 0.1) is 0 Å². The van der Waals surface area contributed by atoms with Crippen molar-refractivity contribution in [3.63, 3.8) is 0 Å². The van der Waals surface area contributed by atoms with Gasteiger partial charge in [-0.05, 0) is 0 Å². The Balaban J connectivity index is 2.18. The molecule has 124 valence electrons. The van der Waals surface area contributed by atoms with Crippen LogP contribution in [-0.2, 0) is 4.79 Å². The zero-order chi connectivity index (χ0) is 17.0. The summed E-state index contributed by atoms with van der Waals surface area (Å²) >= 11 is 2.88. The molecule has 2 N–H and O–H groups in total. The minimum atomic E-state index is -0.339. The molecular formula is C16H19FN2O3Se. The van der Waals surface area contributed by atoms with Crippen LogP contribution in [0.4, 0.5) is 4.39 Å². The van der Waals surface area contributed by atoms with Gasteiger partial charge in [0.2, 0.25) is 0 Å². The van der Waals surface area contributed by atoms with Crippen LogP contribution in [0.5, 0.6) is 11.5 Å². The summed E-state index contributed by atoms with van der Waals surface area (Å²) < 4.78 is 12.8. The number of rotatable bonds is 6. The molecule has 1 aliphatic rings. The van der Waals surface area contributed by atoms with Crippen molar-refractivity contribution in [2.75, 3.05) is 20.3 Å². The van der Waals surface area contributed by atoms with Gasteiger partial charge in [0.25, 0.3) is 0 Å². The van der Waals surface area contributed by atoms with E-state index < -0.39 is 0 Å². The molecule has 0 unspecified atom stereocenters. The molecule has 1 aromatic rings. The maximum atomic E-state index is 12.5. The number of carbonyl (C=O) groups excluding carboxylic acids is 1. The summed E-state index contributed by atoms with van der Waals surface area (Å²) in [6.07, 6.45) is 3.54. The third-order valence-electron chi connectivity index (χ3n) is 3.67. The Morgan fingerprint density at radius 3 is 2.65 bits per heavy atom. The van der Waals surface area contributed by atoms with Gasteiger partial charge in [0, 0.05) is 0 Å². The van der Waals surface area contributed by atoms with Gasteiger partial charge in [-0.25, -0.2) is 0 Å². The van der Waals surface area contributed by atoms with Crippen LogP contribution in [0.3, 0.4) is 0 Å². The maximum absolute atomic E-state index is 12.5. The van der Waals surface area contributed by atoms with Crippen LogP contribution < -0.4 is 0 Å². The van der Waals surface area contributed by atoms with Gasteiger partial charge in [0.1, 0.15) is 0 Å². The Kier molecular flexibility index (Phi) is 5.79. The summed E-state index contributed by atoms with van der Waals surface area (Å²) in [4.78, 5) is 15.9. The monoisotopic (exact) mass is 386 g/mol. The first-order valence-corrected chi connectivity index (χ1v) is 8.20. The Hall–Kier alpha value is -1.85. The van der Waals surface area contributed by atoms with Crippen molar-refractivity contribution in [2.24, 2.45) is 0 Å². The fourth-order valence-electron chi connectivity index (χ4n) is 2.35. The number of aromatic hydroxyl groups is 2. The van der Waals surface area contributed by atoms with Crippen molar-refractivity contribution in [2.45, 2.75) is 19.3 Å². The molecule has 0 bridgehead atoms. The van der Waals surface area contributed by atoms with E-state index in [9.17, 15) is 19.4 Å². The van der Waals surface area contributed by atoms with Crippen molar-refractivity contribution in [1.29, 1.82) is 0 Å². The van der Waals surface area contributed by atoms with Crippen molar-refractivity contribution in [3.8, 4) is 11.5 Å². The number of hydrogen-bond acceptors (Lipinski definition) is 4. The molecule has 0 saturated carbocycles. The number of unbranched alkanes of at least 4 members (excludes halogenated alkanes) is 2. The molecule has 0 radical (unpaired) electrons. The van der Waals surface area contributed by atoms with Crippen LogP contribution in [0.25, 0.3) is 6.08 Å². The predicted octanol–water partition coefficient (Wildman–Crippen LogP) is 1.61. The number of phenols is 2. The SMILES string of the molecule is CN1C(=[Se])N(CCCCCF)C(=O)C1=Cc1ccc(O)cc1O. The van der Waals surface area contributed by atoms with Crippen molar-refractivity contribution in [1.82, 2.24) is 9.80 Å². The number of benzene rings is 1. The van der Waals surface area contributed by atoms with Gasteiger partial charge >= 0.3 is 142 Å². The number of likely N-dealkylation sites (N-methyl/N-ethyl adjacent to an activating group) is 1. The number of carbonyl (C=O) groups is 1. The number of nitrogens with zero attached hydrogens (tertiary/aromatic N) is 2. The molecule has 0 spiro atoms. The number of hydrogen-bond donors (Lipinski definition) is 2. The van der Waals surface area contributed by atoms with Crippen LogP contribution in [-0.4, -0.2) is 66.4 Å². The molecular weight excluding hydrogens is 366 g/mol. The van der Waals surface area contributed by atoms with E-state index in [4.69, 9.17) is 0 Å². The van der Waals surface area contributed by atoms with Gasteiger partial charge < -0.3 is 0 Å². The van der Waals surface area contributed by atoms with E-state index in [0.29, 0.717) is 28.9 Å². The standard InChI is InChI=1S/C16H19FN2O3Se/c1-18-13(9-11-5-6-12(20)10-14(11)21)15(22)19(16(18)23)8-4-2-3-7-17/h5-6,9-10,20-21H,2-4,7-8H2,1H3. The molecule has 0 atom stereocenters. The first-order chi connectivity index (χ1) is 11.0. The number of amides is 1. The third-order valence-corrected chi connectivity index (χ3v) is 4.70. The topological polar surface area (TPSA) is 64.0 Å². The Morgan fingerprint density at radius 1 is 1.26 bits per heavy atom. The third kappa shape index (κ3) is 3.92. The second-order valence-corrected chi connectivity index (χ2v) is 6.09. The van der Waals surface area contributed by atoms with Crippen LogP contribution in [0, 0.1) is 0 Å². The fraction of sp³-hybridized carbons (Fsp3) is 0.375. The summed E-state index contributed by atoms with van der Waals surface area (Å²) in [5.41, 5.74) is 0.871. The first-order valence-electron chi connectivity index (χ1n) is 7.35. The summed E-state index contributed by atoms with van der Waals surface area (Å²) in [6.45, 7) is 0.179. The van der Waals surface area contributed by atoms with E-state index in [-0.39, 0.29) is 24.1 Å². The molecule has 5 nitrogen and oxygen atoms in total. The van der Waals surface area contributed by atoms with E-state index in [2.05, 4.69) is 15.6 Å². The Morgan fingerprint density at radius 2 is 2.00 bits per heavy atom. The molecule has 1 aliphatic heterocycles. The quantitative estimate of drug-likeness (QED) is 0.444. The second-order valence-electron chi connectivity index (χ2n) is 5.32. The van der Waals surface area contributed by atoms with E-state index in [1.807, 2.05) is 0 Å². The first kappa shape index (κ1) is 17.5. The van der Waals surface area contributed by atoms with Crippen LogP contribution in [0.1, 0.15) is 24.8 Å². The summed E-state index contributed by atoms with van der Waals surface area (Å²) in [5.74, 6) is -0.308. The Labute approximate surface area is 142 Å². The fourth-order valence-corrected chi connectivity index (χ4v) is 2.92. The summed E-state index contributed by atoms with van der Waals surface area (Å²) in [7, 11) is 1.76. The molecule has 1 heterocycles. The van der Waals surface area contributed by atoms with Crippen molar-refractivity contribution >= 4 is 32.2 Å². The normalized spacial score (nSPS) is 16.7. The van der Waals surface area contributed by atoms with Gasteiger partial charge in [0.15, 0.2) is 0 Å². The molecule has 23 heavy (non-hydrogen) atoms. The second kappa shape index (κ2) is 7.62. The molecule has 1 amide bonds. The van der Waals surface area contributed by atoms with E-state index >= 15 is 0 Å². The minimum absolute atomic E-state index is 0.0404. The molecule has 1 fully saturated rings. The zero-order valence-electron chi connectivity index (χ0n) is 12.8. The molecule has 0 aromatic heterocycles. The van der Waals surface area contributed by atoms with Crippen molar-refractivity contribution in [3.05, 3.63) is 29.5 Å². The van der Waals surface area contributed by atoms with Crippen LogP contribution in [0.15, 0.2) is 23.9 Å². The van der Waals surface area contributed by atoms with Crippen LogP contribution in [0.2, 0.25) is 0 Å².